The largest absolute Gasteiger partial charge is 0.331 e. The van der Waals surface area contributed by atoms with Crippen LogP contribution in [-0.2, 0) is 20.2 Å². The summed E-state index contributed by atoms with van der Waals surface area (Å²) in [6, 6.07) is 2.16. The molecule has 0 aliphatic rings. The van der Waals surface area contributed by atoms with Crippen LogP contribution in [0, 0.1) is 11.3 Å². The fourth-order valence-electron chi connectivity index (χ4n) is 2.81. The molecule has 2 aromatic heterocycles. The normalized spacial score (nSPS) is 12.0. The molecule has 154 valence electrons. The molecule has 0 unspecified atom stereocenters. The first-order chi connectivity index (χ1) is 13.5. The molecule has 0 spiro atoms. The summed E-state index contributed by atoms with van der Waals surface area (Å²) in [5, 5.41) is 9.13. The van der Waals surface area contributed by atoms with Crippen LogP contribution < -0.4 is 0 Å². The summed E-state index contributed by atoms with van der Waals surface area (Å²) in [6.45, 7) is 6.85. The van der Waals surface area contributed by atoms with E-state index in [2.05, 4.69) is 25.9 Å². The molecule has 0 saturated carbocycles. The summed E-state index contributed by atoms with van der Waals surface area (Å²) in [7, 11) is -3.11. The maximum absolute atomic E-state index is 12.7. The number of rotatable bonds is 13. The topological polar surface area (TPSA) is 106 Å². The highest BCUT2D eigenvalue weighted by molar-refractivity contribution is 7.53. The van der Waals surface area contributed by atoms with Gasteiger partial charge in [0.05, 0.1) is 31.8 Å². The van der Waals surface area contributed by atoms with Crippen LogP contribution in [0.25, 0.3) is 11.2 Å². The highest BCUT2D eigenvalue weighted by Gasteiger charge is 2.24. The summed E-state index contributed by atoms with van der Waals surface area (Å²) < 4.78 is 25.4. The second-order valence-electron chi connectivity index (χ2n) is 6.05. The third kappa shape index (κ3) is 6.50. The molecule has 0 N–H and O–H groups in total. The molecule has 2 aromatic rings. The molecule has 2 rings (SSSR count). The van der Waals surface area contributed by atoms with Gasteiger partial charge in [-0.3, -0.25) is 4.57 Å². The van der Waals surface area contributed by atoms with Gasteiger partial charge < -0.3 is 18.5 Å². The van der Waals surface area contributed by atoms with Gasteiger partial charge in [0, 0.05) is 26.1 Å². The van der Waals surface area contributed by atoms with Crippen LogP contribution in [-0.4, -0.2) is 63.4 Å². The number of aromatic nitrogens is 4. The molecule has 9 nitrogen and oxygen atoms in total. The lowest BCUT2D eigenvalue weighted by molar-refractivity contribution is 0.210. The number of unbranched alkanes of at least 4 members (excludes halogenated alkanes) is 1. The molecule has 0 atom stereocenters. The fourth-order valence-corrected chi connectivity index (χ4v) is 4.63. The van der Waals surface area contributed by atoms with Gasteiger partial charge in [0.2, 0.25) is 0 Å². The van der Waals surface area contributed by atoms with Crippen LogP contribution in [0.2, 0.25) is 5.15 Å². The zero-order valence-corrected chi connectivity index (χ0v) is 17.9. The summed E-state index contributed by atoms with van der Waals surface area (Å²) in [5.41, 5.74) is 1.24. The van der Waals surface area contributed by atoms with E-state index >= 15 is 0 Å². The van der Waals surface area contributed by atoms with Crippen molar-refractivity contribution in [1.29, 1.82) is 5.26 Å². The zero-order valence-electron chi connectivity index (χ0n) is 16.3. The van der Waals surface area contributed by atoms with Crippen LogP contribution in [0.3, 0.4) is 0 Å². The van der Waals surface area contributed by atoms with Gasteiger partial charge in [-0.15, -0.1) is 0 Å². The van der Waals surface area contributed by atoms with E-state index in [9.17, 15) is 4.57 Å². The highest BCUT2D eigenvalue weighted by Crippen LogP contribution is 2.47. The van der Waals surface area contributed by atoms with Gasteiger partial charge >= 0.3 is 7.60 Å². The molecule has 0 fully saturated rings. The maximum atomic E-state index is 12.7. The average Bonchev–Trinajstić information content (AvgIpc) is 3.08. The van der Waals surface area contributed by atoms with Crippen molar-refractivity contribution in [2.45, 2.75) is 33.2 Å². The molecule has 0 amide bonds. The standard InChI is InChI=1S/C17H26ClN6O3P/c1-3-26-28(25,27-4-2)12-11-23(8-6-5-7-19)9-10-24-14-22-15-16(18)20-13-21-17(15)24/h13-14H,3-6,8-12H2,1-2H3. The summed E-state index contributed by atoms with van der Waals surface area (Å²) in [6.07, 6.45) is 4.61. The molecule has 0 bridgehead atoms. The Morgan fingerprint density at radius 3 is 2.64 bits per heavy atom. The van der Waals surface area contributed by atoms with Crippen molar-refractivity contribution in [3.05, 3.63) is 17.8 Å². The number of halogens is 1. The maximum Gasteiger partial charge on any atom is 0.331 e. The van der Waals surface area contributed by atoms with Crippen LogP contribution in [0.5, 0.6) is 0 Å². The Balaban J connectivity index is 2.02. The number of nitriles is 1. The lowest BCUT2D eigenvalue weighted by Crippen LogP contribution is -2.31. The monoisotopic (exact) mass is 428 g/mol. The molecule has 2 heterocycles. The first-order valence-electron chi connectivity index (χ1n) is 9.31. The number of hydrogen-bond acceptors (Lipinski definition) is 8. The van der Waals surface area contributed by atoms with Crippen molar-refractivity contribution in [3.63, 3.8) is 0 Å². The van der Waals surface area contributed by atoms with Crippen LogP contribution in [0.15, 0.2) is 12.7 Å². The van der Waals surface area contributed by atoms with Gasteiger partial charge in [-0.2, -0.15) is 5.26 Å². The van der Waals surface area contributed by atoms with Gasteiger partial charge in [0.15, 0.2) is 10.8 Å². The summed E-state index contributed by atoms with van der Waals surface area (Å²) in [4.78, 5) is 14.6. The minimum Gasteiger partial charge on any atom is -0.314 e. The van der Waals surface area contributed by atoms with Crippen LogP contribution in [0.1, 0.15) is 26.7 Å². The van der Waals surface area contributed by atoms with Crippen molar-refractivity contribution < 1.29 is 13.6 Å². The Morgan fingerprint density at radius 2 is 1.96 bits per heavy atom. The predicted molar refractivity (Wildman–Crippen MR) is 107 cm³/mol. The molecule has 28 heavy (non-hydrogen) atoms. The predicted octanol–water partition coefficient (Wildman–Crippen LogP) is 3.35. The average molecular weight is 429 g/mol. The summed E-state index contributed by atoms with van der Waals surface area (Å²) >= 11 is 6.05. The fraction of sp³-hybridized carbons (Fsp3) is 0.647. The lowest BCUT2D eigenvalue weighted by Gasteiger charge is -2.25. The van der Waals surface area contributed by atoms with E-state index in [1.54, 1.807) is 20.2 Å². The van der Waals surface area contributed by atoms with Gasteiger partial charge in [-0.25, -0.2) is 15.0 Å². The van der Waals surface area contributed by atoms with Crippen LogP contribution >= 0.6 is 19.2 Å². The molecule has 11 heteroatoms. The van der Waals surface area contributed by atoms with Gasteiger partial charge in [-0.1, -0.05) is 11.6 Å². The Morgan fingerprint density at radius 1 is 1.21 bits per heavy atom. The number of imidazole rings is 1. The van der Waals surface area contributed by atoms with Crippen molar-refractivity contribution in [3.8, 4) is 6.07 Å². The Bertz CT molecular complexity index is 830. The van der Waals surface area contributed by atoms with Gasteiger partial charge in [0.25, 0.3) is 0 Å². The number of hydrogen-bond donors (Lipinski definition) is 0. The molecule has 0 aliphatic heterocycles. The first kappa shape index (κ1) is 22.7. The second-order valence-corrected chi connectivity index (χ2v) is 8.59. The molecular weight excluding hydrogens is 403 g/mol. The van der Waals surface area contributed by atoms with E-state index in [-0.39, 0.29) is 0 Å². The zero-order chi connectivity index (χ0) is 20.4. The van der Waals surface area contributed by atoms with E-state index in [1.807, 2.05) is 4.57 Å². The number of nitrogens with zero attached hydrogens (tertiary/aromatic N) is 6. The van der Waals surface area contributed by atoms with Crippen molar-refractivity contribution in [1.82, 2.24) is 24.4 Å². The van der Waals surface area contributed by atoms with Crippen molar-refractivity contribution >= 4 is 30.4 Å². The Kier molecular flexibility index (Phi) is 9.29. The third-order valence-corrected chi connectivity index (χ3v) is 6.45. The van der Waals surface area contributed by atoms with Crippen molar-refractivity contribution in [2.24, 2.45) is 0 Å². The molecule has 0 aromatic carbocycles. The minimum absolute atomic E-state index is 0.305. The molecule has 0 saturated heterocycles. The lowest BCUT2D eigenvalue weighted by atomic mass is 10.3. The smallest absolute Gasteiger partial charge is 0.314 e. The Labute approximate surface area is 170 Å². The van der Waals surface area contributed by atoms with E-state index in [4.69, 9.17) is 25.9 Å². The van der Waals surface area contributed by atoms with E-state index in [0.717, 1.165) is 6.42 Å². The van der Waals surface area contributed by atoms with Gasteiger partial charge in [0.1, 0.15) is 11.8 Å². The first-order valence-corrected chi connectivity index (χ1v) is 11.4. The van der Waals surface area contributed by atoms with E-state index in [1.165, 1.54) is 6.33 Å². The third-order valence-electron chi connectivity index (χ3n) is 4.12. The van der Waals surface area contributed by atoms with E-state index in [0.29, 0.717) is 68.3 Å². The molecular formula is C17H26ClN6O3P. The molecule has 0 radical (unpaired) electrons. The van der Waals surface area contributed by atoms with E-state index < -0.39 is 7.60 Å². The van der Waals surface area contributed by atoms with Gasteiger partial charge in [-0.05, 0) is 26.8 Å². The minimum atomic E-state index is -3.11. The quantitative estimate of drug-likeness (QED) is 0.271. The van der Waals surface area contributed by atoms with Crippen LogP contribution in [0.4, 0.5) is 0 Å². The SMILES string of the molecule is CCOP(=O)(CCN(CCCC#N)CCn1cnc2c(Cl)ncnc21)OCC. The molecule has 0 aliphatic carbocycles. The second kappa shape index (κ2) is 11.4. The summed E-state index contributed by atoms with van der Waals surface area (Å²) in [5.74, 6) is 0. The highest BCUT2D eigenvalue weighted by atomic mass is 35.5. The Hall–Kier alpha value is -1.56. The number of fused-ring (bicyclic) bond motifs is 1. The van der Waals surface area contributed by atoms with Crippen molar-refractivity contribution in [2.75, 3.05) is 39.0 Å².